The zero-order chi connectivity index (χ0) is 23.4. The second-order valence-corrected chi connectivity index (χ2v) is 9.94. The first-order valence-corrected chi connectivity index (χ1v) is 11.6. The van der Waals surface area contributed by atoms with Gasteiger partial charge in [0.05, 0.1) is 5.41 Å². The molecule has 1 aliphatic rings. The highest BCUT2D eigenvalue weighted by Crippen LogP contribution is 2.36. The van der Waals surface area contributed by atoms with E-state index in [0.29, 0.717) is 48.9 Å². The van der Waals surface area contributed by atoms with E-state index in [9.17, 15) is 9.59 Å². The van der Waals surface area contributed by atoms with E-state index in [-0.39, 0.29) is 12.0 Å². The molecule has 0 radical (unpaired) electrons. The van der Waals surface area contributed by atoms with Crippen LogP contribution in [0.15, 0.2) is 48.5 Å². The van der Waals surface area contributed by atoms with Gasteiger partial charge in [-0.3, -0.25) is 4.79 Å². The quantitative estimate of drug-likeness (QED) is 0.608. The minimum atomic E-state index is -0.704. The molecule has 5 nitrogen and oxygen atoms in total. The van der Waals surface area contributed by atoms with Crippen molar-refractivity contribution >= 4 is 35.2 Å². The number of nitrogens with zero attached hydrogens (tertiary/aromatic N) is 1. The molecule has 0 unspecified atom stereocenters. The molecule has 0 saturated carbocycles. The first kappa shape index (κ1) is 24.4. The maximum Gasteiger partial charge on any atom is 0.410 e. The average Bonchev–Trinajstić information content (AvgIpc) is 2.75. The summed E-state index contributed by atoms with van der Waals surface area (Å²) in [5, 5.41) is 4.27. The number of rotatable bonds is 5. The molecular formula is C25H30Cl2N2O3. The summed E-state index contributed by atoms with van der Waals surface area (Å²) in [6.07, 6.45) is 1.25. The monoisotopic (exact) mass is 476 g/mol. The molecule has 1 fully saturated rings. The molecule has 1 aliphatic heterocycles. The Morgan fingerprint density at radius 3 is 2.16 bits per heavy atom. The molecule has 0 bridgehead atoms. The van der Waals surface area contributed by atoms with Gasteiger partial charge in [-0.15, -0.1) is 0 Å². The number of carbonyl (C=O) groups is 2. The lowest BCUT2D eigenvalue weighted by atomic mass is 9.72. The SMILES string of the molecule is CC(C)(C)OC(=O)N1CCC(C(=O)NCCc2c(Cl)cccc2Cl)(c2ccccc2)CC1. The fourth-order valence-electron chi connectivity index (χ4n) is 4.04. The van der Waals surface area contributed by atoms with Crippen LogP contribution in [0.25, 0.3) is 0 Å². The Hall–Kier alpha value is -2.24. The number of halogens is 2. The van der Waals surface area contributed by atoms with Crippen molar-refractivity contribution in [1.82, 2.24) is 10.2 Å². The van der Waals surface area contributed by atoms with Crippen LogP contribution in [0.2, 0.25) is 10.0 Å². The van der Waals surface area contributed by atoms with Gasteiger partial charge in [0, 0.05) is 29.7 Å². The number of carbonyl (C=O) groups excluding carboxylic acids is 2. The van der Waals surface area contributed by atoms with Crippen molar-refractivity contribution in [3.05, 3.63) is 69.7 Å². The van der Waals surface area contributed by atoms with Crippen LogP contribution < -0.4 is 5.32 Å². The predicted octanol–water partition coefficient (Wildman–Crippen LogP) is 5.62. The Bertz CT molecular complexity index is 929. The summed E-state index contributed by atoms with van der Waals surface area (Å²) < 4.78 is 5.51. The second-order valence-electron chi connectivity index (χ2n) is 9.12. The van der Waals surface area contributed by atoms with Crippen LogP contribution in [0.4, 0.5) is 4.79 Å². The summed E-state index contributed by atoms with van der Waals surface area (Å²) in [5.74, 6) is -0.0456. The Labute approximate surface area is 200 Å². The number of benzene rings is 2. The number of hydrogen-bond donors (Lipinski definition) is 1. The van der Waals surface area contributed by atoms with Crippen molar-refractivity contribution in [2.45, 2.75) is 51.0 Å². The van der Waals surface area contributed by atoms with E-state index in [1.807, 2.05) is 51.1 Å². The van der Waals surface area contributed by atoms with E-state index in [1.54, 1.807) is 23.1 Å². The van der Waals surface area contributed by atoms with E-state index < -0.39 is 11.0 Å². The molecule has 0 spiro atoms. The van der Waals surface area contributed by atoms with Crippen LogP contribution >= 0.6 is 23.2 Å². The van der Waals surface area contributed by atoms with Crippen molar-refractivity contribution in [2.75, 3.05) is 19.6 Å². The van der Waals surface area contributed by atoms with Crippen LogP contribution in [0.5, 0.6) is 0 Å². The van der Waals surface area contributed by atoms with Gasteiger partial charge in [-0.05, 0) is 63.3 Å². The first-order valence-electron chi connectivity index (χ1n) is 10.9. The van der Waals surface area contributed by atoms with Gasteiger partial charge in [-0.2, -0.15) is 0 Å². The lowest BCUT2D eigenvalue weighted by Gasteiger charge is -2.41. The summed E-state index contributed by atoms with van der Waals surface area (Å²) in [6.45, 7) is 6.87. The van der Waals surface area contributed by atoms with E-state index in [0.717, 1.165) is 11.1 Å². The molecule has 2 amide bonds. The lowest BCUT2D eigenvalue weighted by Crippen LogP contribution is -2.53. The maximum absolute atomic E-state index is 13.5. The molecule has 2 aromatic rings. The Morgan fingerprint density at radius 1 is 1.00 bits per heavy atom. The molecule has 7 heteroatoms. The predicted molar refractivity (Wildman–Crippen MR) is 128 cm³/mol. The van der Waals surface area contributed by atoms with Crippen molar-refractivity contribution < 1.29 is 14.3 Å². The third-order valence-corrected chi connectivity index (χ3v) is 6.46. The molecule has 2 aromatic carbocycles. The Balaban J connectivity index is 1.71. The Kier molecular flexibility index (Phi) is 7.73. The van der Waals surface area contributed by atoms with Crippen LogP contribution in [0, 0.1) is 0 Å². The van der Waals surface area contributed by atoms with Crippen LogP contribution in [0.1, 0.15) is 44.7 Å². The van der Waals surface area contributed by atoms with Gasteiger partial charge in [0.15, 0.2) is 0 Å². The van der Waals surface area contributed by atoms with Gasteiger partial charge < -0.3 is 15.0 Å². The van der Waals surface area contributed by atoms with E-state index in [1.165, 1.54) is 0 Å². The average molecular weight is 477 g/mol. The van der Waals surface area contributed by atoms with Gasteiger partial charge in [-0.1, -0.05) is 59.6 Å². The van der Waals surface area contributed by atoms with Gasteiger partial charge >= 0.3 is 6.09 Å². The molecule has 1 saturated heterocycles. The number of ether oxygens (including phenoxy) is 1. The molecule has 0 aliphatic carbocycles. The Morgan fingerprint density at radius 2 is 1.59 bits per heavy atom. The third kappa shape index (κ3) is 5.76. The van der Waals surface area contributed by atoms with Gasteiger partial charge in [0.2, 0.25) is 5.91 Å². The van der Waals surface area contributed by atoms with Crippen LogP contribution in [0.3, 0.4) is 0 Å². The van der Waals surface area contributed by atoms with E-state index >= 15 is 0 Å². The molecule has 0 aromatic heterocycles. The molecular weight excluding hydrogens is 447 g/mol. The summed E-state index contributed by atoms with van der Waals surface area (Å²) in [6, 6.07) is 15.2. The highest BCUT2D eigenvalue weighted by Gasteiger charge is 2.44. The maximum atomic E-state index is 13.5. The van der Waals surface area contributed by atoms with E-state index in [2.05, 4.69) is 5.32 Å². The molecule has 3 rings (SSSR count). The van der Waals surface area contributed by atoms with Crippen molar-refractivity contribution in [3.8, 4) is 0 Å². The summed E-state index contributed by atoms with van der Waals surface area (Å²) in [4.78, 5) is 27.7. The second kappa shape index (κ2) is 10.1. The molecule has 1 N–H and O–H groups in total. The summed E-state index contributed by atoms with van der Waals surface area (Å²) in [5.41, 5.74) is 0.522. The fourth-order valence-corrected chi connectivity index (χ4v) is 4.63. The number of likely N-dealkylation sites (tertiary alicyclic amines) is 1. The number of amides is 2. The highest BCUT2D eigenvalue weighted by atomic mass is 35.5. The molecule has 32 heavy (non-hydrogen) atoms. The summed E-state index contributed by atoms with van der Waals surface area (Å²) in [7, 11) is 0. The van der Waals surface area contributed by atoms with Crippen molar-refractivity contribution in [2.24, 2.45) is 0 Å². The third-order valence-electron chi connectivity index (χ3n) is 5.75. The zero-order valence-electron chi connectivity index (χ0n) is 18.8. The van der Waals surface area contributed by atoms with Gasteiger partial charge in [-0.25, -0.2) is 4.79 Å². The molecule has 0 atom stereocenters. The minimum Gasteiger partial charge on any atom is -0.444 e. The number of hydrogen-bond acceptors (Lipinski definition) is 3. The normalized spacial score (nSPS) is 15.8. The van der Waals surface area contributed by atoms with Crippen molar-refractivity contribution in [1.29, 1.82) is 0 Å². The molecule has 172 valence electrons. The van der Waals surface area contributed by atoms with Gasteiger partial charge in [0.1, 0.15) is 5.60 Å². The number of nitrogens with one attached hydrogen (secondary N) is 1. The van der Waals surface area contributed by atoms with E-state index in [4.69, 9.17) is 27.9 Å². The van der Waals surface area contributed by atoms with Gasteiger partial charge in [0.25, 0.3) is 0 Å². The van der Waals surface area contributed by atoms with Crippen molar-refractivity contribution in [3.63, 3.8) is 0 Å². The number of piperidine rings is 1. The smallest absolute Gasteiger partial charge is 0.410 e. The topological polar surface area (TPSA) is 58.6 Å². The zero-order valence-corrected chi connectivity index (χ0v) is 20.3. The lowest BCUT2D eigenvalue weighted by molar-refractivity contribution is -0.128. The largest absolute Gasteiger partial charge is 0.444 e. The minimum absolute atomic E-state index is 0.0456. The van der Waals surface area contributed by atoms with Crippen LogP contribution in [-0.2, 0) is 21.4 Å². The van der Waals surface area contributed by atoms with Crippen LogP contribution in [-0.4, -0.2) is 42.1 Å². The first-order chi connectivity index (χ1) is 15.1. The summed E-state index contributed by atoms with van der Waals surface area (Å²) >= 11 is 12.5. The highest BCUT2D eigenvalue weighted by molar-refractivity contribution is 6.36. The standard InChI is InChI=1S/C25H30Cl2N2O3/c1-24(2,3)32-23(31)29-16-13-25(14-17-29,18-8-5-4-6-9-18)22(30)28-15-12-19-20(26)10-7-11-21(19)27/h4-11H,12-17H2,1-3H3,(H,28,30). The fraction of sp³-hybridized carbons (Fsp3) is 0.440. The molecule has 1 heterocycles.